The number of nitrogens with one attached hydrogen (secondary N) is 2. The molecule has 1 fully saturated rings. The number of halogens is 1. The van der Waals surface area contributed by atoms with Crippen LogP contribution >= 0.6 is 0 Å². The average Bonchev–Trinajstić information content (AvgIpc) is 3.23. The first-order chi connectivity index (χ1) is 10.1. The molecular weight excluding hydrogens is 273 g/mol. The van der Waals surface area contributed by atoms with Crippen LogP contribution in [-0.2, 0) is 0 Å². The summed E-state index contributed by atoms with van der Waals surface area (Å²) in [5, 5.41) is 18.2. The van der Waals surface area contributed by atoms with E-state index >= 15 is 0 Å². The predicted molar refractivity (Wildman–Crippen MR) is 74.0 cm³/mol. The molecule has 4 N–H and O–H groups in total. The van der Waals surface area contributed by atoms with Crippen molar-refractivity contribution in [2.75, 3.05) is 11.1 Å². The molecule has 21 heavy (non-hydrogen) atoms. The number of rotatable bonds is 3. The molecule has 1 aliphatic carbocycles. The third kappa shape index (κ3) is 2.43. The number of aromatic nitrogens is 2. The Morgan fingerprint density at radius 3 is 2.95 bits per heavy atom. The Morgan fingerprint density at radius 2 is 2.29 bits per heavy atom. The first-order valence-electron chi connectivity index (χ1n) is 6.45. The maximum absolute atomic E-state index is 13.1. The molecule has 2 aromatic rings. The SMILES string of the molecule is N#Cc1cc(F)ccc1NC(=O)c1n[nH]c(C2CC2)c1N. The van der Waals surface area contributed by atoms with E-state index in [-0.39, 0.29) is 16.9 Å². The summed E-state index contributed by atoms with van der Waals surface area (Å²) in [5.41, 5.74) is 7.37. The summed E-state index contributed by atoms with van der Waals surface area (Å²) in [7, 11) is 0. The van der Waals surface area contributed by atoms with E-state index in [9.17, 15) is 9.18 Å². The van der Waals surface area contributed by atoms with Gasteiger partial charge in [0.2, 0.25) is 0 Å². The summed E-state index contributed by atoms with van der Waals surface area (Å²) in [6.45, 7) is 0. The monoisotopic (exact) mass is 285 g/mol. The van der Waals surface area contributed by atoms with Gasteiger partial charge in [-0.25, -0.2) is 4.39 Å². The van der Waals surface area contributed by atoms with Gasteiger partial charge in [-0.15, -0.1) is 0 Å². The molecule has 1 aromatic carbocycles. The summed E-state index contributed by atoms with van der Waals surface area (Å²) in [5.74, 6) is -0.724. The lowest BCUT2D eigenvalue weighted by atomic mass is 10.1. The fraction of sp³-hybridized carbons (Fsp3) is 0.214. The zero-order valence-corrected chi connectivity index (χ0v) is 11.0. The molecule has 0 radical (unpaired) electrons. The first-order valence-corrected chi connectivity index (χ1v) is 6.45. The highest BCUT2D eigenvalue weighted by Crippen LogP contribution is 2.42. The van der Waals surface area contributed by atoms with Crippen molar-refractivity contribution in [3.8, 4) is 6.07 Å². The van der Waals surface area contributed by atoms with Crippen LogP contribution in [0.2, 0.25) is 0 Å². The second kappa shape index (κ2) is 4.90. The molecule has 0 atom stereocenters. The molecule has 1 saturated carbocycles. The summed E-state index contributed by atoms with van der Waals surface area (Å²) < 4.78 is 13.1. The van der Waals surface area contributed by atoms with E-state index in [1.54, 1.807) is 0 Å². The number of aromatic amines is 1. The van der Waals surface area contributed by atoms with Gasteiger partial charge >= 0.3 is 0 Å². The number of hydrogen-bond acceptors (Lipinski definition) is 4. The van der Waals surface area contributed by atoms with Gasteiger partial charge in [0.1, 0.15) is 11.9 Å². The minimum Gasteiger partial charge on any atom is -0.395 e. The Hall–Kier alpha value is -2.88. The molecule has 0 unspecified atom stereocenters. The number of anilines is 2. The van der Waals surface area contributed by atoms with Gasteiger partial charge in [-0.1, -0.05) is 0 Å². The standard InChI is InChI=1S/C14H12FN5O/c15-9-3-4-10(8(5-9)6-16)18-14(21)13-11(17)12(19-20-13)7-1-2-7/h3-5,7H,1-2,17H2,(H,18,21)(H,19,20). The number of nitrogen functional groups attached to an aromatic ring is 1. The van der Waals surface area contributed by atoms with Crippen molar-refractivity contribution in [1.29, 1.82) is 5.26 Å². The predicted octanol–water partition coefficient (Wildman–Crippen LogP) is 2.13. The van der Waals surface area contributed by atoms with Crippen LogP contribution in [0.25, 0.3) is 0 Å². The van der Waals surface area contributed by atoms with Gasteiger partial charge in [-0.05, 0) is 31.0 Å². The summed E-state index contributed by atoms with van der Waals surface area (Å²) in [6, 6.07) is 5.38. The van der Waals surface area contributed by atoms with Crippen molar-refractivity contribution >= 4 is 17.3 Å². The molecule has 1 aliphatic rings. The lowest BCUT2D eigenvalue weighted by molar-refractivity contribution is 0.102. The van der Waals surface area contributed by atoms with Gasteiger partial charge in [0.25, 0.3) is 5.91 Å². The van der Waals surface area contributed by atoms with Gasteiger partial charge in [-0.2, -0.15) is 10.4 Å². The van der Waals surface area contributed by atoms with Crippen molar-refractivity contribution in [2.45, 2.75) is 18.8 Å². The van der Waals surface area contributed by atoms with E-state index in [4.69, 9.17) is 11.0 Å². The Balaban J connectivity index is 1.85. The number of hydrogen-bond donors (Lipinski definition) is 3. The maximum atomic E-state index is 13.1. The van der Waals surface area contributed by atoms with Crippen LogP contribution in [0.3, 0.4) is 0 Å². The number of nitrogens with zero attached hydrogens (tertiary/aromatic N) is 2. The van der Waals surface area contributed by atoms with Crippen molar-refractivity contribution < 1.29 is 9.18 Å². The lowest BCUT2D eigenvalue weighted by Crippen LogP contribution is -2.15. The molecular formula is C14H12FN5O. The molecule has 6 nitrogen and oxygen atoms in total. The number of carbonyl (C=O) groups is 1. The molecule has 1 heterocycles. The second-order valence-corrected chi connectivity index (χ2v) is 4.93. The smallest absolute Gasteiger partial charge is 0.278 e. The highest BCUT2D eigenvalue weighted by atomic mass is 19.1. The number of H-pyrrole nitrogens is 1. The van der Waals surface area contributed by atoms with E-state index in [0.717, 1.165) is 24.6 Å². The van der Waals surface area contributed by atoms with Gasteiger partial charge in [0.15, 0.2) is 5.69 Å². The van der Waals surface area contributed by atoms with Gasteiger partial charge < -0.3 is 11.1 Å². The minimum atomic E-state index is -0.542. The molecule has 7 heteroatoms. The number of amides is 1. The van der Waals surface area contributed by atoms with Crippen LogP contribution in [0.4, 0.5) is 15.8 Å². The zero-order valence-electron chi connectivity index (χ0n) is 11.0. The molecule has 0 spiro atoms. The van der Waals surface area contributed by atoms with Crippen LogP contribution < -0.4 is 11.1 Å². The molecule has 0 bridgehead atoms. The largest absolute Gasteiger partial charge is 0.395 e. The third-order valence-corrected chi connectivity index (χ3v) is 3.38. The zero-order chi connectivity index (χ0) is 15.0. The highest BCUT2D eigenvalue weighted by Gasteiger charge is 2.30. The van der Waals surface area contributed by atoms with Crippen molar-refractivity contribution in [2.24, 2.45) is 0 Å². The van der Waals surface area contributed by atoms with E-state index < -0.39 is 11.7 Å². The molecule has 0 saturated heterocycles. The van der Waals surface area contributed by atoms with E-state index in [2.05, 4.69) is 15.5 Å². The molecule has 1 amide bonds. The van der Waals surface area contributed by atoms with Crippen LogP contribution in [0, 0.1) is 17.1 Å². The Bertz CT molecular complexity index is 757. The second-order valence-electron chi connectivity index (χ2n) is 4.93. The number of benzene rings is 1. The van der Waals surface area contributed by atoms with Gasteiger partial charge in [0.05, 0.1) is 22.6 Å². The van der Waals surface area contributed by atoms with Crippen molar-refractivity contribution in [3.63, 3.8) is 0 Å². The first kappa shape index (κ1) is 13.1. The summed E-state index contributed by atoms with van der Waals surface area (Å²) >= 11 is 0. The van der Waals surface area contributed by atoms with Crippen LogP contribution in [0.15, 0.2) is 18.2 Å². The van der Waals surface area contributed by atoms with Crippen LogP contribution in [0.5, 0.6) is 0 Å². The quantitative estimate of drug-likeness (QED) is 0.802. The molecule has 106 valence electrons. The minimum absolute atomic E-state index is 0.0415. The number of nitriles is 1. The van der Waals surface area contributed by atoms with E-state index in [0.29, 0.717) is 11.6 Å². The Kier molecular flexibility index (Phi) is 3.06. The van der Waals surface area contributed by atoms with Crippen LogP contribution in [-0.4, -0.2) is 16.1 Å². The summed E-state index contributed by atoms with van der Waals surface area (Å²) in [4.78, 5) is 12.2. The van der Waals surface area contributed by atoms with Crippen molar-refractivity contribution in [1.82, 2.24) is 10.2 Å². The highest BCUT2D eigenvalue weighted by molar-refractivity contribution is 6.07. The van der Waals surface area contributed by atoms with Gasteiger partial charge in [-0.3, -0.25) is 9.89 Å². The molecule has 3 rings (SSSR count). The Labute approximate surface area is 119 Å². The molecule has 0 aliphatic heterocycles. The number of carbonyl (C=O) groups excluding carboxylic acids is 1. The van der Waals surface area contributed by atoms with Gasteiger partial charge in [0, 0.05) is 5.92 Å². The van der Waals surface area contributed by atoms with Crippen molar-refractivity contribution in [3.05, 3.63) is 41.0 Å². The average molecular weight is 285 g/mol. The summed E-state index contributed by atoms with van der Waals surface area (Å²) in [6.07, 6.45) is 2.06. The maximum Gasteiger partial charge on any atom is 0.278 e. The fourth-order valence-electron chi connectivity index (χ4n) is 2.12. The van der Waals surface area contributed by atoms with E-state index in [1.807, 2.05) is 6.07 Å². The third-order valence-electron chi connectivity index (χ3n) is 3.38. The Morgan fingerprint density at radius 1 is 1.52 bits per heavy atom. The lowest BCUT2D eigenvalue weighted by Gasteiger charge is -2.06. The molecule has 1 aromatic heterocycles. The number of nitrogens with two attached hydrogens (primary N) is 1. The van der Waals surface area contributed by atoms with Crippen LogP contribution in [0.1, 0.15) is 40.5 Å². The fourth-order valence-corrected chi connectivity index (χ4v) is 2.12. The van der Waals surface area contributed by atoms with E-state index in [1.165, 1.54) is 12.1 Å². The normalized spacial score (nSPS) is 13.7. The topological polar surface area (TPSA) is 108 Å².